The van der Waals surface area contributed by atoms with Crippen molar-refractivity contribution in [3.05, 3.63) is 29.8 Å². The zero-order valence-electron chi connectivity index (χ0n) is 17.5. The molecule has 0 spiro atoms. The summed E-state index contributed by atoms with van der Waals surface area (Å²) in [4.78, 5) is 4.56. The summed E-state index contributed by atoms with van der Waals surface area (Å²) in [6.45, 7) is 9.46. The molecule has 0 amide bonds. The van der Waals surface area contributed by atoms with Gasteiger partial charge in [-0.05, 0) is 42.9 Å². The number of sulfonamides is 1. The molecule has 0 aliphatic rings. The molecule has 1 rings (SSSR count). The first kappa shape index (κ1) is 26.1. The molecule has 0 saturated heterocycles. The van der Waals surface area contributed by atoms with Crippen molar-refractivity contribution in [2.45, 2.75) is 58.0 Å². The Morgan fingerprint density at radius 2 is 1.74 bits per heavy atom. The quantitative estimate of drug-likeness (QED) is 0.335. The van der Waals surface area contributed by atoms with Crippen LogP contribution in [0, 0.1) is 5.41 Å². The number of nitrogens with one attached hydrogen (secondary N) is 2. The van der Waals surface area contributed by atoms with Crippen LogP contribution in [0.5, 0.6) is 0 Å². The van der Waals surface area contributed by atoms with Gasteiger partial charge < -0.3 is 10.6 Å². The number of rotatable bonds is 7. The van der Waals surface area contributed by atoms with Gasteiger partial charge in [0.15, 0.2) is 5.96 Å². The Balaban J connectivity index is 0.00000676. The second kappa shape index (κ2) is 11.2. The Bertz CT molecular complexity index is 695. The fourth-order valence-electron chi connectivity index (χ4n) is 2.33. The molecular formula is C19H35IN4O2S. The molecule has 0 aliphatic carbocycles. The lowest BCUT2D eigenvalue weighted by Gasteiger charge is -2.23. The summed E-state index contributed by atoms with van der Waals surface area (Å²) in [6, 6.07) is 7.23. The van der Waals surface area contributed by atoms with Gasteiger partial charge in [-0.3, -0.25) is 4.99 Å². The predicted octanol–water partition coefficient (Wildman–Crippen LogP) is 3.43. The van der Waals surface area contributed by atoms with Gasteiger partial charge in [0, 0.05) is 33.7 Å². The van der Waals surface area contributed by atoms with Crippen molar-refractivity contribution in [3.63, 3.8) is 0 Å². The van der Waals surface area contributed by atoms with Crippen molar-refractivity contribution in [1.29, 1.82) is 0 Å². The Morgan fingerprint density at radius 1 is 1.19 bits per heavy atom. The Morgan fingerprint density at radius 3 is 2.19 bits per heavy atom. The van der Waals surface area contributed by atoms with Crippen LogP contribution in [0.3, 0.4) is 0 Å². The number of aliphatic imine (C=N–C) groups is 1. The van der Waals surface area contributed by atoms with Gasteiger partial charge in [-0.2, -0.15) is 0 Å². The summed E-state index contributed by atoms with van der Waals surface area (Å²) in [5.74, 6) is 0.747. The molecule has 1 atom stereocenters. The van der Waals surface area contributed by atoms with E-state index in [9.17, 15) is 8.42 Å². The fourth-order valence-corrected chi connectivity index (χ4v) is 3.23. The molecule has 0 aliphatic heterocycles. The largest absolute Gasteiger partial charge is 0.354 e. The molecule has 2 N–H and O–H groups in total. The molecule has 1 aromatic rings. The first-order valence-corrected chi connectivity index (χ1v) is 10.4. The van der Waals surface area contributed by atoms with Crippen molar-refractivity contribution in [3.8, 4) is 0 Å². The maximum Gasteiger partial charge on any atom is 0.242 e. The van der Waals surface area contributed by atoms with Crippen LogP contribution >= 0.6 is 24.0 Å². The minimum atomic E-state index is -3.39. The van der Waals surface area contributed by atoms with Crippen molar-refractivity contribution in [2.24, 2.45) is 10.4 Å². The lowest BCUT2D eigenvalue weighted by molar-refractivity contribution is 0.346. The summed E-state index contributed by atoms with van der Waals surface area (Å²) >= 11 is 0. The van der Waals surface area contributed by atoms with Crippen LogP contribution in [-0.4, -0.2) is 45.9 Å². The minimum absolute atomic E-state index is 0. The normalized spacial score (nSPS) is 13.9. The summed E-state index contributed by atoms with van der Waals surface area (Å²) < 4.78 is 25.4. The number of hydrogen-bond donors (Lipinski definition) is 2. The van der Waals surface area contributed by atoms with Crippen molar-refractivity contribution in [2.75, 3.05) is 21.1 Å². The molecule has 0 aromatic heterocycles. The second-order valence-corrected chi connectivity index (χ2v) is 10.2. The van der Waals surface area contributed by atoms with E-state index in [2.05, 4.69) is 43.3 Å². The molecule has 156 valence electrons. The van der Waals surface area contributed by atoms with Crippen molar-refractivity contribution >= 4 is 40.0 Å². The van der Waals surface area contributed by atoms with Crippen LogP contribution in [-0.2, 0) is 16.6 Å². The van der Waals surface area contributed by atoms with Gasteiger partial charge in [-0.15, -0.1) is 24.0 Å². The van der Waals surface area contributed by atoms with Crippen LogP contribution in [0.25, 0.3) is 0 Å². The zero-order chi connectivity index (χ0) is 20.0. The van der Waals surface area contributed by atoms with E-state index in [1.54, 1.807) is 19.2 Å². The van der Waals surface area contributed by atoms with E-state index in [-0.39, 0.29) is 24.0 Å². The van der Waals surface area contributed by atoms with Crippen molar-refractivity contribution < 1.29 is 8.42 Å². The monoisotopic (exact) mass is 510 g/mol. The molecule has 8 heteroatoms. The highest BCUT2D eigenvalue weighted by atomic mass is 127. The first-order valence-electron chi connectivity index (χ1n) is 8.94. The summed E-state index contributed by atoms with van der Waals surface area (Å²) in [5, 5.41) is 6.67. The molecule has 0 fully saturated rings. The SMILES string of the molecule is CN=C(NCc1ccc(S(=O)(=O)N(C)C)cc1)NC(C)CCC(C)(C)C.I. The van der Waals surface area contributed by atoms with E-state index in [1.807, 2.05) is 12.1 Å². The number of hydrogen-bond acceptors (Lipinski definition) is 3. The van der Waals surface area contributed by atoms with Gasteiger partial charge in [0.1, 0.15) is 0 Å². The van der Waals surface area contributed by atoms with E-state index in [4.69, 9.17) is 0 Å². The maximum atomic E-state index is 12.1. The highest BCUT2D eigenvalue weighted by Crippen LogP contribution is 2.21. The van der Waals surface area contributed by atoms with Crippen LogP contribution < -0.4 is 10.6 Å². The third-order valence-electron chi connectivity index (χ3n) is 4.10. The molecule has 6 nitrogen and oxygen atoms in total. The van der Waals surface area contributed by atoms with E-state index in [0.717, 1.165) is 24.4 Å². The van der Waals surface area contributed by atoms with Gasteiger partial charge in [0.05, 0.1) is 4.90 Å². The molecular weight excluding hydrogens is 475 g/mol. The number of halogens is 1. The lowest BCUT2D eigenvalue weighted by atomic mass is 9.89. The second-order valence-electron chi connectivity index (χ2n) is 8.00. The van der Waals surface area contributed by atoms with Gasteiger partial charge in [0.2, 0.25) is 10.0 Å². The Kier molecular flexibility index (Phi) is 10.8. The van der Waals surface area contributed by atoms with E-state index in [1.165, 1.54) is 18.4 Å². The molecule has 1 aromatic carbocycles. The third-order valence-corrected chi connectivity index (χ3v) is 5.93. The van der Waals surface area contributed by atoms with E-state index >= 15 is 0 Å². The number of nitrogens with zero attached hydrogens (tertiary/aromatic N) is 2. The van der Waals surface area contributed by atoms with E-state index in [0.29, 0.717) is 22.9 Å². The average molecular weight is 510 g/mol. The molecule has 1 unspecified atom stereocenters. The summed E-state index contributed by atoms with van der Waals surface area (Å²) in [6.07, 6.45) is 2.21. The fraction of sp³-hybridized carbons (Fsp3) is 0.632. The highest BCUT2D eigenvalue weighted by Gasteiger charge is 2.16. The van der Waals surface area contributed by atoms with Crippen LogP contribution in [0.2, 0.25) is 0 Å². The van der Waals surface area contributed by atoms with E-state index < -0.39 is 10.0 Å². The average Bonchev–Trinajstić information content (AvgIpc) is 2.56. The smallest absolute Gasteiger partial charge is 0.242 e. The Labute approximate surface area is 182 Å². The molecule has 0 saturated carbocycles. The van der Waals surface area contributed by atoms with Gasteiger partial charge in [0.25, 0.3) is 0 Å². The Hall–Kier alpha value is -0.870. The van der Waals surface area contributed by atoms with Gasteiger partial charge in [-0.1, -0.05) is 32.9 Å². The maximum absolute atomic E-state index is 12.1. The van der Waals surface area contributed by atoms with Gasteiger partial charge >= 0.3 is 0 Å². The predicted molar refractivity (Wildman–Crippen MR) is 124 cm³/mol. The van der Waals surface area contributed by atoms with Gasteiger partial charge in [-0.25, -0.2) is 12.7 Å². The minimum Gasteiger partial charge on any atom is -0.354 e. The molecule has 0 bridgehead atoms. The lowest BCUT2D eigenvalue weighted by Crippen LogP contribution is -2.42. The standard InChI is InChI=1S/C19H34N4O2S.HI/c1-15(12-13-19(2,3)4)22-18(20-5)21-14-16-8-10-17(11-9-16)26(24,25)23(6)7;/h8-11,15H,12-14H2,1-7H3,(H2,20,21,22);1H. The molecule has 0 heterocycles. The highest BCUT2D eigenvalue weighted by molar-refractivity contribution is 14.0. The molecule has 0 radical (unpaired) electrons. The zero-order valence-corrected chi connectivity index (χ0v) is 20.7. The van der Waals surface area contributed by atoms with Crippen LogP contribution in [0.1, 0.15) is 46.1 Å². The number of benzene rings is 1. The number of guanidine groups is 1. The van der Waals surface area contributed by atoms with Crippen LogP contribution in [0.15, 0.2) is 34.2 Å². The molecule has 27 heavy (non-hydrogen) atoms. The first-order chi connectivity index (χ1) is 12.0. The van der Waals surface area contributed by atoms with Crippen LogP contribution in [0.4, 0.5) is 0 Å². The third kappa shape index (κ3) is 9.25. The topological polar surface area (TPSA) is 73.8 Å². The summed E-state index contributed by atoms with van der Waals surface area (Å²) in [5.41, 5.74) is 1.31. The summed E-state index contributed by atoms with van der Waals surface area (Å²) in [7, 11) is 1.42. The van der Waals surface area contributed by atoms with Crippen molar-refractivity contribution in [1.82, 2.24) is 14.9 Å².